The van der Waals surface area contributed by atoms with Crippen LogP contribution in [0.2, 0.25) is 0 Å². The van der Waals surface area contributed by atoms with Gasteiger partial charge in [-0.2, -0.15) is 0 Å². The summed E-state index contributed by atoms with van der Waals surface area (Å²) in [7, 11) is 0. The highest BCUT2D eigenvalue weighted by molar-refractivity contribution is 5.74. The molecule has 6 nitrogen and oxygen atoms in total. The van der Waals surface area contributed by atoms with Gasteiger partial charge in [0.1, 0.15) is 5.56 Å². The standard InChI is InChI=1S/C19H25N3O3/c1-18(2,3)22-10-19(4,11-22)12-24-15-9-20-13-6-8-23-17(13)16(15)14-5-7-21-25-14/h5,7,9H,6,8,10-12H2,1-4H3. The van der Waals surface area contributed by atoms with Crippen LogP contribution < -0.4 is 9.47 Å². The number of fused-ring (bicyclic) bond motifs is 1. The van der Waals surface area contributed by atoms with E-state index in [-0.39, 0.29) is 11.0 Å². The van der Waals surface area contributed by atoms with E-state index in [4.69, 9.17) is 14.0 Å². The number of nitrogens with zero attached hydrogens (tertiary/aromatic N) is 3. The molecule has 0 radical (unpaired) electrons. The maximum Gasteiger partial charge on any atom is 0.174 e. The Hall–Kier alpha value is -2.08. The maximum atomic E-state index is 6.20. The van der Waals surface area contributed by atoms with Gasteiger partial charge in [-0.1, -0.05) is 12.1 Å². The average Bonchev–Trinajstić information content (AvgIpc) is 3.19. The van der Waals surface area contributed by atoms with E-state index in [9.17, 15) is 0 Å². The molecule has 0 saturated carbocycles. The molecule has 0 N–H and O–H groups in total. The average molecular weight is 343 g/mol. The summed E-state index contributed by atoms with van der Waals surface area (Å²) in [6.07, 6.45) is 4.24. The van der Waals surface area contributed by atoms with Crippen molar-refractivity contribution in [2.75, 3.05) is 26.3 Å². The fourth-order valence-corrected chi connectivity index (χ4v) is 3.48. The summed E-state index contributed by atoms with van der Waals surface area (Å²) in [4.78, 5) is 6.98. The van der Waals surface area contributed by atoms with E-state index in [2.05, 4.69) is 42.7 Å². The first kappa shape index (κ1) is 16.4. The summed E-state index contributed by atoms with van der Waals surface area (Å²) < 4.78 is 17.4. The highest BCUT2D eigenvalue weighted by atomic mass is 16.5. The molecule has 2 aliphatic heterocycles. The zero-order valence-electron chi connectivity index (χ0n) is 15.3. The molecular formula is C19H25N3O3. The number of pyridine rings is 1. The lowest BCUT2D eigenvalue weighted by Gasteiger charge is -2.53. The molecule has 2 aliphatic rings. The van der Waals surface area contributed by atoms with Crippen molar-refractivity contribution in [3.63, 3.8) is 0 Å². The molecular weight excluding hydrogens is 318 g/mol. The van der Waals surface area contributed by atoms with Crippen molar-refractivity contribution in [1.82, 2.24) is 15.0 Å². The van der Waals surface area contributed by atoms with Crippen LogP contribution in [0.4, 0.5) is 0 Å². The molecule has 0 atom stereocenters. The molecule has 0 unspecified atom stereocenters. The molecule has 2 aromatic heterocycles. The van der Waals surface area contributed by atoms with E-state index < -0.39 is 0 Å². The van der Waals surface area contributed by atoms with Crippen molar-refractivity contribution in [3.05, 3.63) is 24.2 Å². The lowest BCUT2D eigenvalue weighted by Crippen LogP contribution is -2.63. The smallest absolute Gasteiger partial charge is 0.174 e. The summed E-state index contributed by atoms with van der Waals surface area (Å²) in [5.41, 5.74) is 2.13. The Morgan fingerprint density at radius 1 is 1.32 bits per heavy atom. The molecule has 2 aromatic rings. The summed E-state index contributed by atoms with van der Waals surface area (Å²) in [5, 5.41) is 3.83. The van der Waals surface area contributed by atoms with Gasteiger partial charge in [0, 0.05) is 36.5 Å². The van der Waals surface area contributed by atoms with Gasteiger partial charge >= 0.3 is 0 Å². The third-order valence-corrected chi connectivity index (χ3v) is 5.01. The number of aromatic nitrogens is 2. The second kappa shape index (κ2) is 5.73. The van der Waals surface area contributed by atoms with E-state index in [0.717, 1.165) is 36.5 Å². The van der Waals surface area contributed by atoms with E-state index in [1.807, 2.05) is 6.07 Å². The van der Waals surface area contributed by atoms with Gasteiger partial charge in [0.25, 0.3) is 0 Å². The lowest BCUT2D eigenvalue weighted by atomic mass is 9.79. The summed E-state index contributed by atoms with van der Waals surface area (Å²) in [5.74, 6) is 2.13. The van der Waals surface area contributed by atoms with Crippen LogP contribution in [-0.2, 0) is 6.42 Å². The second-order valence-corrected chi connectivity index (χ2v) is 8.37. The van der Waals surface area contributed by atoms with E-state index in [1.165, 1.54) is 0 Å². The van der Waals surface area contributed by atoms with E-state index in [1.54, 1.807) is 12.4 Å². The van der Waals surface area contributed by atoms with Crippen LogP contribution in [0.5, 0.6) is 11.5 Å². The van der Waals surface area contributed by atoms with Crippen molar-refractivity contribution in [1.29, 1.82) is 0 Å². The van der Waals surface area contributed by atoms with Crippen molar-refractivity contribution >= 4 is 0 Å². The first-order valence-electron chi connectivity index (χ1n) is 8.79. The van der Waals surface area contributed by atoms with Crippen LogP contribution in [0.3, 0.4) is 0 Å². The molecule has 0 bridgehead atoms. The Kier molecular flexibility index (Phi) is 3.76. The Bertz CT molecular complexity index is 759. The Morgan fingerprint density at radius 2 is 2.12 bits per heavy atom. The van der Waals surface area contributed by atoms with Gasteiger partial charge in [0.15, 0.2) is 17.3 Å². The summed E-state index contributed by atoms with van der Waals surface area (Å²) in [6, 6.07) is 1.83. The number of likely N-dealkylation sites (tertiary alicyclic amines) is 1. The molecule has 0 aromatic carbocycles. The van der Waals surface area contributed by atoms with Crippen LogP contribution in [0, 0.1) is 5.41 Å². The van der Waals surface area contributed by atoms with Gasteiger partial charge in [-0.3, -0.25) is 9.88 Å². The normalized spacial score (nSPS) is 19.2. The van der Waals surface area contributed by atoms with Gasteiger partial charge in [-0.05, 0) is 20.8 Å². The monoisotopic (exact) mass is 343 g/mol. The van der Waals surface area contributed by atoms with Crippen molar-refractivity contribution in [2.24, 2.45) is 5.41 Å². The number of rotatable bonds is 4. The highest BCUT2D eigenvalue weighted by Gasteiger charge is 2.44. The quantitative estimate of drug-likeness (QED) is 0.850. The molecule has 0 spiro atoms. The Labute approximate surface area is 148 Å². The van der Waals surface area contributed by atoms with Crippen LogP contribution >= 0.6 is 0 Å². The maximum absolute atomic E-state index is 6.20. The van der Waals surface area contributed by atoms with Crippen molar-refractivity contribution in [2.45, 2.75) is 39.7 Å². The van der Waals surface area contributed by atoms with Crippen LogP contribution in [0.1, 0.15) is 33.4 Å². The summed E-state index contributed by atoms with van der Waals surface area (Å²) in [6.45, 7) is 12.4. The number of hydrogen-bond donors (Lipinski definition) is 0. The highest BCUT2D eigenvalue weighted by Crippen LogP contribution is 2.43. The molecule has 134 valence electrons. The second-order valence-electron chi connectivity index (χ2n) is 8.37. The van der Waals surface area contributed by atoms with Crippen LogP contribution in [-0.4, -0.2) is 46.9 Å². The van der Waals surface area contributed by atoms with Gasteiger partial charge in [-0.25, -0.2) is 0 Å². The van der Waals surface area contributed by atoms with Gasteiger partial charge in [-0.15, -0.1) is 0 Å². The minimum atomic E-state index is 0.145. The SMILES string of the molecule is CC1(COc2cnc3c(c2-c2ccno2)OCC3)CN(C(C)(C)C)C1. The minimum absolute atomic E-state index is 0.145. The predicted octanol–water partition coefficient (Wildman–Crippen LogP) is 3.17. The molecule has 4 rings (SSSR count). The van der Waals surface area contributed by atoms with E-state index in [0.29, 0.717) is 24.7 Å². The van der Waals surface area contributed by atoms with Gasteiger partial charge in [0.05, 0.1) is 31.3 Å². The lowest BCUT2D eigenvalue weighted by molar-refractivity contribution is -0.0696. The largest absolute Gasteiger partial charge is 0.490 e. The van der Waals surface area contributed by atoms with Gasteiger partial charge < -0.3 is 14.0 Å². The fraction of sp³-hybridized carbons (Fsp3) is 0.579. The topological polar surface area (TPSA) is 60.6 Å². The predicted molar refractivity (Wildman–Crippen MR) is 93.9 cm³/mol. The summed E-state index contributed by atoms with van der Waals surface area (Å²) >= 11 is 0. The molecule has 1 saturated heterocycles. The zero-order valence-corrected chi connectivity index (χ0v) is 15.3. The number of ether oxygens (including phenoxy) is 2. The fourth-order valence-electron chi connectivity index (χ4n) is 3.48. The van der Waals surface area contributed by atoms with Gasteiger partial charge in [0.2, 0.25) is 0 Å². The first-order chi connectivity index (χ1) is 11.9. The van der Waals surface area contributed by atoms with E-state index >= 15 is 0 Å². The third-order valence-electron chi connectivity index (χ3n) is 5.01. The Balaban J connectivity index is 1.54. The molecule has 4 heterocycles. The molecule has 1 fully saturated rings. The van der Waals surface area contributed by atoms with Crippen LogP contribution in [0.25, 0.3) is 11.3 Å². The molecule has 0 aliphatic carbocycles. The van der Waals surface area contributed by atoms with Crippen LogP contribution in [0.15, 0.2) is 23.0 Å². The van der Waals surface area contributed by atoms with Crippen molar-refractivity contribution < 1.29 is 14.0 Å². The molecule has 0 amide bonds. The zero-order chi connectivity index (χ0) is 17.7. The Morgan fingerprint density at radius 3 is 2.80 bits per heavy atom. The third kappa shape index (κ3) is 2.99. The molecule has 25 heavy (non-hydrogen) atoms. The van der Waals surface area contributed by atoms with Crippen molar-refractivity contribution in [3.8, 4) is 22.8 Å². The molecule has 6 heteroatoms. The minimum Gasteiger partial charge on any atom is -0.490 e. The first-order valence-corrected chi connectivity index (χ1v) is 8.79. The number of hydrogen-bond acceptors (Lipinski definition) is 6.